The van der Waals surface area contributed by atoms with Crippen LogP contribution in [-0.4, -0.2) is 24.3 Å². The van der Waals surface area contributed by atoms with E-state index in [-0.39, 0.29) is 5.92 Å². The van der Waals surface area contributed by atoms with Crippen molar-refractivity contribution in [2.75, 3.05) is 13.2 Å². The average Bonchev–Trinajstić information content (AvgIpc) is 2.80. The molecule has 0 atom stereocenters. The van der Waals surface area contributed by atoms with Crippen molar-refractivity contribution in [1.82, 2.24) is 0 Å². The van der Waals surface area contributed by atoms with Gasteiger partial charge in [-0.05, 0) is 23.1 Å². The Morgan fingerprint density at radius 2 is 1.22 bits per heavy atom. The quantitative estimate of drug-likeness (QED) is 0.407. The van der Waals surface area contributed by atoms with E-state index in [2.05, 4.69) is 0 Å². The van der Waals surface area contributed by atoms with Crippen LogP contribution in [0.3, 0.4) is 0 Å². The molecule has 6 heteroatoms. The minimum Gasteiger partial charge on any atom is -0.477 e. The number of benzene rings is 3. The van der Waals surface area contributed by atoms with Crippen LogP contribution >= 0.6 is 0 Å². The highest BCUT2D eigenvalue weighted by Crippen LogP contribution is 2.28. The lowest BCUT2D eigenvalue weighted by atomic mass is 9.98. The van der Waals surface area contributed by atoms with Crippen molar-refractivity contribution in [1.29, 1.82) is 0 Å². The molecule has 0 radical (unpaired) electrons. The zero-order valence-corrected chi connectivity index (χ0v) is 17.6. The molecule has 0 fully saturated rings. The first-order valence-corrected chi connectivity index (χ1v) is 10.4. The summed E-state index contributed by atoms with van der Waals surface area (Å²) in [6, 6.07) is 25.0. The molecule has 0 heterocycles. The number of ether oxygens (including phenoxy) is 2. The highest BCUT2D eigenvalue weighted by Gasteiger charge is 2.40. The van der Waals surface area contributed by atoms with Gasteiger partial charge in [0.2, 0.25) is 0 Å². The molecular weight excluding hydrogens is 414 g/mol. The maximum absolute atomic E-state index is 13.7. The van der Waals surface area contributed by atoms with E-state index in [0.717, 1.165) is 28.8 Å². The number of hydrogen-bond acceptors (Lipinski definition) is 3. The summed E-state index contributed by atoms with van der Waals surface area (Å²) in [6.45, 7) is 1.83. The average molecular weight is 440 g/mol. The van der Waals surface area contributed by atoms with Crippen LogP contribution in [0.2, 0.25) is 0 Å². The van der Waals surface area contributed by atoms with Crippen LogP contribution < -0.4 is 0 Å². The molecule has 32 heavy (non-hydrogen) atoms. The summed E-state index contributed by atoms with van der Waals surface area (Å²) >= 11 is 0. The van der Waals surface area contributed by atoms with Crippen LogP contribution in [0, 0.1) is 5.92 Å². The first-order chi connectivity index (χ1) is 15.4. The van der Waals surface area contributed by atoms with Gasteiger partial charge in [0.25, 0.3) is 0 Å². The van der Waals surface area contributed by atoms with Crippen LogP contribution in [0.15, 0.2) is 84.9 Å². The number of rotatable bonds is 12. The molecule has 0 aliphatic carbocycles. The number of halogens is 2. The molecule has 0 saturated heterocycles. The number of carboxylic acids is 1. The second-order valence-electron chi connectivity index (χ2n) is 7.65. The molecule has 0 aromatic heterocycles. The molecule has 0 bridgehead atoms. The van der Waals surface area contributed by atoms with Gasteiger partial charge in [-0.3, -0.25) is 0 Å². The van der Waals surface area contributed by atoms with Crippen molar-refractivity contribution in [3.05, 3.63) is 107 Å². The number of alkyl halides is 2. The van der Waals surface area contributed by atoms with Gasteiger partial charge in [0.1, 0.15) is 0 Å². The van der Waals surface area contributed by atoms with Crippen molar-refractivity contribution in [3.8, 4) is 0 Å². The summed E-state index contributed by atoms with van der Waals surface area (Å²) in [5, 5.41) is 8.71. The molecule has 0 spiro atoms. The van der Waals surface area contributed by atoms with Gasteiger partial charge in [-0.2, -0.15) is 8.78 Å². The normalized spacial score (nSPS) is 11.6. The summed E-state index contributed by atoms with van der Waals surface area (Å²) in [6.07, 6.45) is 0.558. The molecule has 0 saturated carbocycles. The van der Waals surface area contributed by atoms with E-state index >= 15 is 0 Å². The van der Waals surface area contributed by atoms with Gasteiger partial charge >= 0.3 is 11.9 Å². The Balaban J connectivity index is 1.60. The van der Waals surface area contributed by atoms with Crippen molar-refractivity contribution < 1.29 is 28.2 Å². The van der Waals surface area contributed by atoms with E-state index in [1.807, 2.05) is 60.7 Å². The molecular formula is C26H26F2O4. The van der Waals surface area contributed by atoms with E-state index in [0.29, 0.717) is 32.8 Å². The van der Waals surface area contributed by atoms with Gasteiger partial charge < -0.3 is 14.6 Å². The van der Waals surface area contributed by atoms with Gasteiger partial charge in [-0.25, -0.2) is 4.79 Å². The van der Waals surface area contributed by atoms with Crippen LogP contribution in [0.1, 0.15) is 22.3 Å². The first-order valence-electron chi connectivity index (χ1n) is 10.4. The molecule has 0 aliphatic rings. The zero-order chi connectivity index (χ0) is 22.8. The number of aliphatic carboxylic acids is 1. The Kier molecular flexibility index (Phi) is 8.48. The smallest absolute Gasteiger partial charge is 0.379 e. The maximum atomic E-state index is 13.7. The van der Waals surface area contributed by atoms with Crippen LogP contribution in [0.25, 0.3) is 0 Å². The maximum Gasteiger partial charge on any atom is 0.379 e. The lowest BCUT2D eigenvalue weighted by Gasteiger charge is -2.18. The molecule has 4 nitrogen and oxygen atoms in total. The molecule has 3 aromatic rings. The Labute approximate surface area is 186 Å². The van der Waals surface area contributed by atoms with Crippen LogP contribution in [0.5, 0.6) is 0 Å². The van der Waals surface area contributed by atoms with Gasteiger partial charge in [-0.15, -0.1) is 0 Å². The number of carbonyl (C=O) groups is 1. The van der Waals surface area contributed by atoms with E-state index in [1.165, 1.54) is 12.1 Å². The first kappa shape index (κ1) is 23.6. The summed E-state index contributed by atoms with van der Waals surface area (Å²) in [5.74, 6) is -6.06. The van der Waals surface area contributed by atoms with E-state index in [1.54, 1.807) is 0 Å². The predicted octanol–water partition coefficient (Wildman–Crippen LogP) is 5.46. The van der Waals surface area contributed by atoms with Gasteiger partial charge in [0, 0.05) is 11.5 Å². The zero-order valence-electron chi connectivity index (χ0n) is 17.6. The predicted molar refractivity (Wildman–Crippen MR) is 117 cm³/mol. The van der Waals surface area contributed by atoms with Crippen molar-refractivity contribution in [3.63, 3.8) is 0 Å². The fourth-order valence-corrected chi connectivity index (χ4v) is 3.31. The second-order valence-corrected chi connectivity index (χ2v) is 7.65. The lowest BCUT2D eigenvalue weighted by molar-refractivity contribution is -0.166. The number of carboxylic acid groups (broad SMARTS) is 1. The van der Waals surface area contributed by atoms with E-state index in [4.69, 9.17) is 14.6 Å². The third-order valence-electron chi connectivity index (χ3n) is 5.04. The molecule has 1 N–H and O–H groups in total. The van der Waals surface area contributed by atoms with Gasteiger partial charge in [0.15, 0.2) is 0 Å². The summed E-state index contributed by atoms with van der Waals surface area (Å²) < 4.78 is 39.2. The van der Waals surface area contributed by atoms with Gasteiger partial charge in [-0.1, -0.05) is 84.9 Å². The van der Waals surface area contributed by atoms with Crippen molar-refractivity contribution in [2.45, 2.75) is 25.6 Å². The fourth-order valence-electron chi connectivity index (χ4n) is 3.31. The Hall–Kier alpha value is -3.09. The van der Waals surface area contributed by atoms with Crippen molar-refractivity contribution in [2.24, 2.45) is 5.92 Å². The standard InChI is InChI=1S/C26H26F2O4/c27-26(28,25(29)30)24-13-11-20(12-14-24)15-23(18-31-16-21-7-3-1-4-8-21)19-32-17-22-9-5-2-6-10-22/h1-14,23H,15-19H2,(H,29,30). The van der Waals surface area contributed by atoms with E-state index in [9.17, 15) is 13.6 Å². The Morgan fingerprint density at radius 3 is 1.66 bits per heavy atom. The monoisotopic (exact) mass is 440 g/mol. The number of hydrogen-bond donors (Lipinski definition) is 1. The molecule has 0 amide bonds. The lowest BCUT2D eigenvalue weighted by Crippen LogP contribution is -2.25. The Bertz CT molecular complexity index is 915. The molecule has 0 unspecified atom stereocenters. The molecule has 3 aromatic carbocycles. The van der Waals surface area contributed by atoms with Crippen LogP contribution in [0.4, 0.5) is 8.78 Å². The molecule has 168 valence electrons. The minimum absolute atomic E-state index is 0.00765. The third-order valence-corrected chi connectivity index (χ3v) is 5.04. The highest BCUT2D eigenvalue weighted by atomic mass is 19.3. The minimum atomic E-state index is -3.91. The largest absolute Gasteiger partial charge is 0.477 e. The summed E-state index contributed by atoms with van der Waals surface area (Å²) in [4.78, 5) is 10.8. The van der Waals surface area contributed by atoms with Gasteiger partial charge in [0.05, 0.1) is 26.4 Å². The second kappa shape index (κ2) is 11.5. The van der Waals surface area contributed by atoms with E-state index < -0.39 is 17.5 Å². The van der Waals surface area contributed by atoms with Crippen LogP contribution in [-0.2, 0) is 39.8 Å². The molecule has 0 aliphatic heterocycles. The molecule has 3 rings (SSSR count). The fraction of sp³-hybridized carbons (Fsp3) is 0.269. The Morgan fingerprint density at radius 1 is 0.750 bits per heavy atom. The summed E-state index contributed by atoms with van der Waals surface area (Å²) in [7, 11) is 0. The highest BCUT2D eigenvalue weighted by molar-refractivity contribution is 5.77. The van der Waals surface area contributed by atoms with Crippen molar-refractivity contribution >= 4 is 5.97 Å². The SMILES string of the molecule is O=C(O)C(F)(F)c1ccc(CC(COCc2ccccc2)COCc2ccccc2)cc1. The topological polar surface area (TPSA) is 55.8 Å². The third kappa shape index (κ3) is 6.97. The summed E-state index contributed by atoms with van der Waals surface area (Å²) in [5.41, 5.74) is 2.41.